The number of hydrogen-bond donors (Lipinski definition) is 2. The van der Waals surface area contributed by atoms with Gasteiger partial charge in [0.15, 0.2) is 5.13 Å². The minimum Gasteiger partial charge on any atom is -0.496 e. The van der Waals surface area contributed by atoms with Crippen LogP contribution in [0.25, 0.3) is 11.3 Å². The van der Waals surface area contributed by atoms with Crippen molar-refractivity contribution in [2.75, 3.05) is 25.5 Å². The van der Waals surface area contributed by atoms with E-state index >= 15 is 0 Å². The number of benzene rings is 1. The summed E-state index contributed by atoms with van der Waals surface area (Å²) >= 11 is 1.45. The Morgan fingerprint density at radius 1 is 1.38 bits per heavy atom. The number of methoxy groups -OCH3 is 1. The van der Waals surface area contributed by atoms with Crippen molar-refractivity contribution in [2.24, 2.45) is 5.92 Å². The summed E-state index contributed by atoms with van der Waals surface area (Å²) in [5.41, 5.74) is 2.93. The molecule has 2 heterocycles. The molecule has 0 unspecified atom stereocenters. The van der Waals surface area contributed by atoms with Crippen molar-refractivity contribution in [1.29, 1.82) is 0 Å². The molecule has 2 N–H and O–H groups in total. The molecule has 1 aliphatic heterocycles. The van der Waals surface area contributed by atoms with E-state index in [2.05, 4.69) is 21.7 Å². The highest BCUT2D eigenvalue weighted by atomic mass is 35.5. The van der Waals surface area contributed by atoms with Gasteiger partial charge in [-0.1, -0.05) is 11.6 Å². The third-order valence-electron chi connectivity index (χ3n) is 4.62. The average molecular weight is 396 g/mol. The van der Waals surface area contributed by atoms with Crippen molar-refractivity contribution in [3.63, 3.8) is 0 Å². The van der Waals surface area contributed by atoms with E-state index in [0.29, 0.717) is 17.5 Å². The zero-order chi connectivity index (χ0) is 17.6. The highest BCUT2D eigenvalue weighted by Gasteiger charge is 2.16. The van der Waals surface area contributed by atoms with Gasteiger partial charge < -0.3 is 15.4 Å². The van der Waals surface area contributed by atoms with Crippen LogP contribution in [0.1, 0.15) is 31.2 Å². The summed E-state index contributed by atoms with van der Waals surface area (Å²) in [6.07, 6.45) is 3.86. The van der Waals surface area contributed by atoms with Crippen molar-refractivity contribution in [2.45, 2.75) is 32.6 Å². The van der Waals surface area contributed by atoms with Gasteiger partial charge in [0.1, 0.15) is 5.75 Å². The number of thiazole rings is 1. The fourth-order valence-electron chi connectivity index (χ4n) is 3.16. The van der Waals surface area contributed by atoms with Crippen molar-refractivity contribution in [3.8, 4) is 17.0 Å². The molecule has 0 radical (unpaired) electrons. The number of halogens is 1. The number of rotatable bonds is 6. The van der Waals surface area contributed by atoms with E-state index in [1.165, 1.54) is 24.2 Å². The number of nitrogens with one attached hydrogen (secondary N) is 2. The van der Waals surface area contributed by atoms with E-state index in [0.717, 1.165) is 42.1 Å². The second-order valence-corrected chi connectivity index (χ2v) is 7.38. The second kappa shape index (κ2) is 9.90. The molecule has 2 aromatic rings. The third-order valence-corrected chi connectivity index (χ3v) is 5.38. The van der Waals surface area contributed by atoms with Gasteiger partial charge in [0.05, 0.1) is 12.8 Å². The van der Waals surface area contributed by atoms with E-state index in [4.69, 9.17) is 4.74 Å². The zero-order valence-corrected chi connectivity index (χ0v) is 16.8. The number of piperidine rings is 1. The maximum atomic E-state index is 12.2. The van der Waals surface area contributed by atoms with Crippen molar-refractivity contribution in [3.05, 3.63) is 29.1 Å². The van der Waals surface area contributed by atoms with Crippen LogP contribution in [0, 0.1) is 12.8 Å². The van der Waals surface area contributed by atoms with Crippen LogP contribution in [-0.4, -0.2) is 31.1 Å². The Morgan fingerprint density at radius 3 is 2.88 bits per heavy atom. The third kappa shape index (κ3) is 5.43. The lowest BCUT2D eigenvalue weighted by Crippen LogP contribution is -2.28. The summed E-state index contributed by atoms with van der Waals surface area (Å²) < 4.78 is 5.42. The molecule has 0 saturated carbocycles. The lowest BCUT2D eigenvalue weighted by Gasteiger charge is -2.21. The first kappa shape index (κ1) is 20.7. The van der Waals surface area contributed by atoms with Crippen LogP contribution in [-0.2, 0) is 4.79 Å². The van der Waals surface area contributed by atoms with E-state index < -0.39 is 0 Å². The van der Waals surface area contributed by atoms with Crippen LogP contribution >= 0.6 is 23.7 Å². The summed E-state index contributed by atoms with van der Waals surface area (Å²) in [5, 5.41) is 8.90. The monoisotopic (exact) mass is 395 g/mol. The molecule has 5 nitrogen and oxygen atoms in total. The topological polar surface area (TPSA) is 63.2 Å². The number of aryl methyl sites for hydroxylation is 1. The molecule has 1 aromatic heterocycles. The summed E-state index contributed by atoms with van der Waals surface area (Å²) in [5.74, 6) is 1.51. The van der Waals surface area contributed by atoms with Gasteiger partial charge in [-0.3, -0.25) is 4.79 Å². The largest absolute Gasteiger partial charge is 0.496 e. The Hall–Kier alpha value is -1.63. The van der Waals surface area contributed by atoms with Crippen LogP contribution in [0.2, 0.25) is 0 Å². The van der Waals surface area contributed by atoms with E-state index in [9.17, 15) is 4.79 Å². The molecule has 1 saturated heterocycles. The van der Waals surface area contributed by atoms with Gasteiger partial charge in [0.25, 0.3) is 0 Å². The van der Waals surface area contributed by atoms with Gasteiger partial charge in [0.2, 0.25) is 5.91 Å². The van der Waals surface area contributed by atoms with Crippen molar-refractivity contribution < 1.29 is 9.53 Å². The maximum absolute atomic E-state index is 12.2. The van der Waals surface area contributed by atoms with Gasteiger partial charge in [-0.2, -0.15) is 0 Å². The predicted molar refractivity (Wildman–Crippen MR) is 110 cm³/mol. The van der Waals surface area contributed by atoms with E-state index in [1.54, 1.807) is 7.11 Å². The quantitative estimate of drug-likeness (QED) is 0.766. The lowest BCUT2D eigenvalue weighted by molar-refractivity contribution is -0.116. The molecule has 7 heteroatoms. The van der Waals surface area contributed by atoms with Crippen molar-refractivity contribution >= 4 is 34.8 Å². The number of amides is 1. The standard InChI is InChI=1S/C19H25N3O2S.ClH/c1-13-3-5-17(24-2)15(11-13)16-12-25-19(21-16)22-18(23)6-4-14-7-9-20-10-8-14;/h3,5,11-12,14,20H,4,6-10H2,1-2H3,(H,21,22,23);1H. The highest BCUT2D eigenvalue weighted by Crippen LogP contribution is 2.33. The number of nitrogens with zero attached hydrogens (tertiary/aromatic N) is 1. The Bertz CT molecular complexity index is 729. The first-order valence-electron chi connectivity index (χ1n) is 8.77. The number of aromatic nitrogens is 1. The fourth-order valence-corrected chi connectivity index (χ4v) is 3.89. The van der Waals surface area contributed by atoms with Crippen LogP contribution in [0.15, 0.2) is 23.6 Å². The predicted octanol–water partition coefficient (Wildman–Crippen LogP) is 4.27. The molecular weight excluding hydrogens is 370 g/mol. The average Bonchev–Trinajstić information content (AvgIpc) is 3.09. The molecule has 142 valence electrons. The molecule has 26 heavy (non-hydrogen) atoms. The maximum Gasteiger partial charge on any atom is 0.226 e. The summed E-state index contributed by atoms with van der Waals surface area (Å²) in [4.78, 5) is 16.8. The van der Waals surface area contributed by atoms with Crippen LogP contribution in [0.5, 0.6) is 5.75 Å². The van der Waals surface area contributed by atoms with Crippen molar-refractivity contribution in [1.82, 2.24) is 10.3 Å². The Labute approximate surface area is 165 Å². The summed E-state index contributed by atoms with van der Waals surface area (Å²) in [6.45, 7) is 4.18. The van der Waals surface area contributed by atoms with Gasteiger partial charge >= 0.3 is 0 Å². The summed E-state index contributed by atoms with van der Waals surface area (Å²) in [6, 6.07) is 6.01. The first-order chi connectivity index (χ1) is 12.2. The number of carbonyl (C=O) groups excluding carboxylic acids is 1. The van der Waals surface area contributed by atoms with Gasteiger partial charge in [0, 0.05) is 17.4 Å². The molecule has 1 fully saturated rings. The normalized spacial score (nSPS) is 14.5. The molecule has 0 bridgehead atoms. The molecular formula is C19H26ClN3O2S. The van der Waals surface area contributed by atoms with Gasteiger partial charge in [-0.15, -0.1) is 23.7 Å². The Balaban J connectivity index is 0.00000243. The Morgan fingerprint density at radius 2 is 2.15 bits per heavy atom. The van der Waals surface area contributed by atoms with Crippen LogP contribution in [0.4, 0.5) is 5.13 Å². The fraction of sp³-hybridized carbons (Fsp3) is 0.474. The summed E-state index contributed by atoms with van der Waals surface area (Å²) in [7, 11) is 1.66. The van der Waals surface area contributed by atoms with Gasteiger partial charge in [-0.05, 0) is 57.3 Å². The first-order valence-corrected chi connectivity index (χ1v) is 9.65. The lowest BCUT2D eigenvalue weighted by atomic mass is 9.93. The molecule has 0 spiro atoms. The zero-order valence-electron chi connectivity index (χ0n) is 15.2. The molecule has 0 atom stereocenters. The Kier molecular flexibility index (Phi) is 7.87. The van der Waals surface area contributed by atoms with E-state index in [-0.39, 0.29) is 18.3 Å². The minimum atomic E-state index is 0. The number of carbonyl (C=O) groups is 1. The molecule has 0 aliphatic carbocycles. The SMILES string of the molecule is COc1ccc(C)cc1-c1csc(NC(=O)CCC2CCNCC2)n1.Cl. The molecule has 1 aliphatic rings. The van der Waals surface area contributed by atoms with Crippen LogP contribution in [0.3, 0.4) is 0 Å². The van der Waals surface area contributed by atoms with Gasteiger partial charge in [-0.25, -0.2) is 4.98 Å². The molecule has 1 aromatic carbocycles. The highest BCUT2D eigenvalue weighted by molar-refractivity contribution is 7.14. The van der Waals surface area contributed by atoms with Crippen LogP contribution < -0.4 is 15.4 Å². The molecule has 3 rings (SSSR count). The number of anilines is 1. The smallest absolute Gasteiger partial charge is 0.226 e. The number of hydrogen-bond acceptors (Lipinski definition) is 5. The molecule has 1 amide bonds. The number of ether oxygens (including phenoxy) is 1. The second-order valence-electron chi connectivity index (χ2n) is 6.52. The van der Waals surface area contributed by atoms with E-state index in [1.807, 2.05) is 24.4 Å². The minimum absolute atomic E-state index is 0.